The molecular weight excluding hydrogens is 663 g/mol. The van der Waals surface area contributed by atoms with Crippen molar-refractivity contribution >= 4 is 42.4 Å². The molecule has 4 aliphatic heterocycles. The summed E-state index contributed by atoms with van der Waals surface area (Å²) in [4.78, 5) is 65.1. The predicted octanol–water partition coefficient (Wildman–Crippen LogP) is 3.00. The third-order valence-corrected chi connectivity index (χ3v) is 11.4. The van der Waals surface area contributed by atoms with Gasteiger partial charge >= 0.3 is 12.1 Å². The number of phenolic OH excluding ortho intramolecular Hbond substituents is 1. The summed E-state index contributed by atoms with van der Waals surface area (Å²) in [5.74, 6) is 0.865. The fourth-order valence-electron chi connectivity index (χ4n) is 8.38. The van der Waals surface area contributed by atoms with E-state index in [9.17, 15) is 24.3 Å². The molecule has 0 saturated carbocycles. The summed E-state index contributed by atoms with van der Waals surface area (Å²) in [5, 5.41) is 13.3. The van der Waals surface area contributed by atoms with Gasteiger partial charge in [-0.25, -0.2) is 15.1 Å². The number of ether oxygens (including phenoxy) is 1. The average molecular weight is 716 g/mol. The normalized spacial score (nSPS) is 20.0. The highest BCUT2D eigenvalue weighted by molar-refractivity contribution is 6.53. The van der Waals surface area contributed by atoms with Gasteiger partial charge in [0.25, 0.3) is 11.8 Å². The number of carbonyl (C=O) groups is 4. The lowest BCUT2D eigenvalue weighted by molar-refractivity contribution is -0.142. The minimum absolute atomic E-state index is 0.000179. The van der Waals surface area contributed by atoms with Gasteiger partial charge in [-0.05, 0) is 98.6 Å². The number of nitrogens with zero attached hydrogens (tertiary/aromatic N) is 4. The summed E-state index contributed by atoms with van der Waals surface area (Å²) in [7, 11) is 3.24. The van der Waals surface area contributed by atoms with E-state index in [0.29, 0.717) is 69.4 Å². The number of carbonyl (C=O) groups excluding carboxylic acids is 4. The van der Waals surface area contributed by atoms with Crippen molar-refractivity contribution in [2.45, 2.75) is 70.3 Å². The number of phenols is 1. The van der Waals surface area contributed by atoms with Gasteiger partial charge in [-0.3, -0.25) is 19.3 Å². The van der Waals surface area contributed by atoms with Crippen molar-refractivity contribution in [2.75, 3.05) is 64.8 Å². The third-order valence-electron chi connectivity index (χ3n) is 11.4. The number of urea groups is 1. The van der Waals surface area contributed by atoms with Gasteiger partial charge in [-0.2, -0.15) is 0 Å². The van der Waals surface area contributed by atoms with Gasteiger partial charge < -0.3 is 29.9 Å². The molecule has 4 heterocycles. The first kappa shape index (κ1) is 37.5. The smallest absolute Gasteiger partial charge is 0.410 e. The van der Waals surface area contributed by atoms with E-state index in [-0.39, 0.29) is 36.1 Å². The Balaban J connectivity index is 1.04. The zero-order valence-electron chi connectivity index (χ0n) is 30.4. The van der Waals surface area contributed by atoms with Crippen LogP contribution in [0.15, 0.2) is 42.5 Å². The molecule has 3 saturated heterocycles. The summed E-state index contributed by atoms with van der Waals surface area (Å²) in [6, 6.07) is 13.0. The van der Waals surface area contributed by atoms with Crippen molar-refractivity contribution in [2.24, 2.45) is 11.8 Å². The van der Waals surface area contributed by atoms with Gasteiger partial charge in [-0.15, -0.1) is 0 Å². The summed E-state index contributed by atoms with van der Waals surface area (Å²) in [6.07, 6.45) is 4.49. The number of rotatable bonds is 10. The zero-order chi connectivity index (χ0) is 36.6. The predicted molar refractivity (Wildman–Crippen MR) is 197 cm³/mol. The average Bonchev–Trinajstić information content (AvgIpc) is 3.33. The molecule has 2 aromatic rings. The van der Waals surface area contributed by atoms with Crippen LogP contribution in [0.3, 0.4) is 0 Å². The Bertz CT molecular complexity index is 1570. The number of para-hydroxylation sites is 1. The first-order valence-electron chi connectivity index (χ1n) is 18.8. The molecule has 0 bridgehead atoms. The molecule has 3 fully saturated rings. The lowest BCUT2D eigenvalue weighted by Crippen LogP contribution is -2.52. The SMILES string of the molecule is C[B]c1cc(C[C@@H](OC(=O)N2CCC(N3CCc4ccccc4NC3=O)CC2)C(=O)N2CCC(C3CCN(CC(=O)NOC)CC3)CC2)ccc1O. The number of piperidine rings is 3. The summed E-state index contributed by atoms with van der Waals surface area (Å²) in [5.41, 5.74) is 5.80. The second-order valence-corrected chi connectivity index (χ2v) is 14.5. The number of aromatic hydroxyl groups is 1. The number of hydrogen-bond acceptors (Lipinski definition) is 8. The Kier molecular flexibility index (Phi) is 12.6. The van der Waals surface area contributed by atoms with Gasteiger partial charge in [0, 0.05) is 50.9 Å². The van der Waals surface area contributed by atoms with Gasteiger partial charge in [0.15, 0.2) is 13.4 Å². The number of anilines is 1. The van der Waals surface area contributed by atoms with Crippen LogP contribution in [-0.2, 0) is 32.0 Å². The number of likely N-dealkylation sites (tertiary alicyclic amines) is 3. The number of hydroxylamine groups is 1. The Labute approximate surface area is 307 Å². The molecule has 279 valence electrons. The van der Waals surface area contributed by atoms with Gasteiger partial charge in [0.05, 0.1) is 13.7 Å². The van der Waals surface area contributed by atoms with Crippen LogP contribution in [0.2, 0.25) is 6.82 Å². The van der Waals surface area contributed by atoms with E-state index in [1.54, 1.807) is 24.3 Å². The molecule has 1 radical (unpaired) electrons. The molecule has 4 aliphatic rings. The topological polar surface area (TPSA) is 144 Å². The summed E-state index contributed by atoms with van der Waals surface area (Å²) < 4.78 is 6.06. The fourth-order valence-corrected chi connectivity index (χ4v) is 8.38. The highest BCUT2D eigenvalue weighted by Gasteiger charge is 2.37. The molecule has 1 atom stereocenters. The number of benzene rings is 2. The van der Waals surface area contributed by atoms with Crippen molar-refractivity contribution in [1.29, 1.82) is 0 Å². The van der Waals surface area contributed by atoms with Crippen LogP contribution in [0.25, 0.3) is 0 Å². The molecule has 0 aliphatic carbocycles. The van der Waals surface area contributed by atoms with E-state index in [4.69, 9.17) is 9.57 Å². The van der Waals surface area contributed by atoms with Crippen molar-refractivity contribution in [1.82, 2.24) is 25.1 Å². The summed E-state index contributed by atoms with van der Waals surface area (Å²) in [6.45, 7) is 6.56. The van der Waals surface area contributed by atoms with E-state index in [2.05, 4.69) is 15.7 Å². The van der Waals surface area contributed by atoms with Gasteiger partial charge in [0.1, 0.15) is 5.75 Å². The summed E-state index contributed by atoms with van der Waals surface area (Å²) >= 11 is 0. The largest absolute Gasteiger partial charge is 0.509 e. The number of nitrogens with one attached hydrogen (secondary N) is 2. The van der Waals surface area contributed by atoms with Crippen molar-refractivity contribution in [3.63, 3.8) is 0 Å². The second kappa shape index (κ2) is 17.5. The molecule has 52 heavy (non-hydrogen) atoms. The van der Waals surface area contributed by atoms with Crippen molar-refractivity contribution in [3.05, 3.63) is 53.6 Å². The fraction of sp³-hybridized carbons (Fsp3) is 0.579. The maximum Gasteiger partial charge on any atom is 0.410 e. The lowest BCUT2D eigenvalue weighted by Gasteiger charge is -2.41. The maximum absolute atomic E-state index is 14.1. The van der Waals surface area contributed by atoms with Crippen LogP contribution in [0.5, 0.6) is 5.75 Å². The lowest BCUT2D eigenvalue weighted by atomic mass is 9.72. The van der Waals surface area contributed by atoms with Crippen LogP contribution in [0, 0.1) is 11.8 Å². The van der Waals surface area contributed by atoms with E-state index >= 15 is 0 Å². The number of hydrogen-bond donors (Lipinski definition) is 3. The molecule has 0 spiro atoms. The molecular formula is C38H52BN6O7. The molecule has 13 nitrogen and oxygen atoms in total. The number of amides is 5. The molecule has 14 heteroatoms. The molecule has 6 rings (SSSR count). The second-order valence-electron chi connectivity index (χ2n) is 14.5. The van der Waals surface area contributed by atoms with E-state index in [0.717, 1.165) is 62.0 Å². The Morgan fingerprint density at radius 2 is 1.60 bits per heavy atom. The van der Waals surface area contributed by atoms with Crippen LogP contribution in [-0.4, -0.2) is 128 Å². The third kappa shape index (κ3) is 9.19. The Morgan fingerprint density at radius 3 is 2.29 bits per heavy atom. The van der Waals surface area contributed by atoms with E-state index < -0.39 is 12.2 Å². The van der Waals surface area contributed by atoms with Crippen LogP contribution >= 0.6 is 0 Å². The van der Waals surface area contributed by atoms with Gasteiger partial charge in [-0.1, -0.05) is 37.2 Å². The minimum Gasteiger partial charge on any atom is -0.509 e. The Hall–Kier alpha value is -4.30. The van der Waals surface area contributed by atoms with Crippen molar-refractivity contribution in [3.8, 4) is 5.75 Å². The molecule has 5 amide bonds. The monoisotopic (exact) mass is 715 g/mol. The quantitative estimate of drug-likeness (QED) is 0.252. The molecule has 0 aromatic heterocycles. The van der Waals surface area contributed by atoms with Gasteiger partial charge in [0.2, 0.25) is 0 Å². The van der Waals surface area contributed by atoms with E-state index in [1.165, 1.54) is 7.11 Å². The van der Waals surface area contributed by atoms with Crippen LogP contribution in [0.4, 0.5) is 15.3 Å². The molecule has 3 N–H and O–H groups in total. The number of fused-ring (bicyclic) bond motifs is 1. The minimum atomic E-state index is -1.01. The van der Waals surface area contributed by atoms with E-state index in [1.807, 2.05) is 47.0 Å². The van der Waals surface area contributed by atoms with Crippen LogP contribution in [0.1, 0.15) is 49.7 Å². The zero-order valence-corrected chi connectivity index (χ0v) is 30.4. The standard InChI is InChI=1S/C38H52BN6O7/c1-39-31-23-26(7-8-33(31)46)24-34(36(48)43-18-11-28(12-19-43)27-9-16-42(17-10-27)25-35(47)41-51-2)52-38(50)44-20-14-30(15-21-44)45-22-13-29-5-3-4-6-32(29)40-37(45)49/h3-8,23,27-28,30,34,46H,9-22,24-25H2,1-2H3,(H,40,49)(H,41,47)/t34-/m1/s1. The molecule has 2 aromatic carbocycles. The van der Waals surface area contributed by atoms with Crippen LogP contribution < -0.4 is 16.3 Å². The highest BCUT2D eigenvalue weighted by atomic mass is 16.6. The van der Waals surface area contributed by atoms with Crippen molar-refractivity contribution < 1.29 is 33.9 Å². The maximum atomic E-state index is 14.1. The Morgan fingerprint density at radius 1 is 0.923 bits per heavy atom. The first-order valence-corrected chi connectivity index (χ1v) is 18.8. The molecule has 0 unspecified atom stereocenters. The first-order chi connectivity index (χ1) is 25.2. The highest BCUT2D eigenvalue weighted by Crippen LogP contribution is 2.33.